The molecule has 4 aromatic rings. The molecule has 1 amide bonds. The van der Waals surface area contributed by atoms with Crippen LogP contribution in [0.4, 0.5) is 24.8 Å². The van der Waals surface area contributed by atoms with Gasteiger partial charge in [0.15, 0.2) is 5.82 Å². The summed E-state index contributed by atoms with van der Waals surface area (Å²) >= 11 is 0. The van der Waals surface area contributed by atoms with Crippen molar-refractivity contribution in [3.8, 4) is 28.6 Å². The number of nitrogens with zero attached hydrogens (tertiary/aromatic N) is 7. The number of halogens is 3. The number of hydrogen-bond acceptors (Lipinski definition) is 7. The summed E-state index contributed by atoms with van der Waals surface area (Å²) in [5, 5.41) is 21.3. The molecule has 0 unspecified atom stereocenters. The topological polar surface area (TPSA) is 103 Å². The number of aryl methyl sites for hydroxylation is 1. The third kappa shape index (κ3) is 6.07. The Morgan fingerprint density at radius 3 is 2.52 bits per heavy atom. The normalized spacial score (nSPS) is 15.0. The third-order valence-electron chi connectivity index (χ3n) is 8.73. The summed E-state index contributed by atoms with van der Waals surface area (Å²) in [6.45, 7) is 4.72. The Morgan fingerprint density at radius 2 is 1.89 bits per heavy atom. The van der Waals surface area contributed by atoms with Gasteiger partial charge in [-0.3, -0.25) is 14.6 Å². The number of rotatable bonds is 9. The average Bonchev–Trinajstić information content (AvgIpc) is 3.56. The second-order valence-electron chi connectivity index (χ2n) is 12.6. The largest absolute Gasteiger partial charge is 0.416 e. The van der Waals surface area contributed by atoms with Crippen molar-refractivity contribution in [3.63, 3.8) is 0 Å². The Morgan fingerprint density at radius 1 is 1.11 bits per heavy atom. The number of nitriles is 1. The number of alkyl halides is 3. The lowest BCUT2D eigenvalue weighted by Gasteiger charge is -2.35. The molecule has 46 heavy (non-hydrogen) atoms. The quantitative estimate of drug-likeness (QED) is 0.222. The van der Waals surface area contributed by atoms with Crippen LogP contribution in [0.3, 0.4) is 0 Å². The molecular formula is C34H35F3N8O. The van der Waals surface area contributed by atoms with E-state index in [0.717, 1.165) is 19.3 Å². The maximum Gasteiger partial charge on any atom is 0.416 e. The summed E-state index contributed by atoms with van der Waals surface area (Å²) in [6.07, 6.45) is 0.0898. The average molecular weight is 629 g/mol. The van der Waals surface area contributed by atoms with E-state index < -0.39 is 17.6 Å². The molecule has 238 valence electrons. The van der Waals surface area contributed by atoms with E-state index in [1.807, 2.05) is 34.0 Å². The van der Waals surface area contributed by atoms with E-state index in [2.05, 4.69) is 26.5 Å². The number of hydrogen-bond donors (Lipinski definition) is 1. The highest BCUT2D eigenvalue weighted by molar-refractivity contribution is 6.10. The summed E-state index contributed by atoms with van der Waals surface area (Å²) in [7, 11) is 3.72. The molecule has 0 saturated heterocycles. The minimum Gasteiger partial charge on any atom is -0.370 e. The molecule has 0 radical (unpaired) electrons. The van der Waals surface area contributed by atoms with Crippen LogP contribution in [-0.4, -0.2) is 50.2 Å². The number of benzene rings is 2. The predicted molar refractivity (Wildman–Crippen MR) is 169 cm³/mol. The first-order chi connectivity index (χ1) is 21.9. The van der Waals surface area contributed by atoms with E-state index in [1.165, 1.54) is 11.0 Å². The van der Waals surface area contributed by atoms with Crippen LogP contribution in [0.25, 0.3) is 22.5 Å². The number of carbonyl (C=O) groups is 1. The molecule has 0 atom stereocenters. The van der Waals surface area contributed by atoms with Crippen molar-refractivity contribution in [3.05, 3.63) is 76.6 Å². The van der Waals surface area contributed by atoms with Crippen LogP contribution in [0.15, 0.2) is 48.8 Å². The summed E-state index contributed by atoms with van der Waals surface area (Å²) in [6, 6.07) is 14.0. The molecule has 12 heteroatoms. The minimum absolute atomic E-state index is 0.0435. The van der Waals surface area contributed by atoms with Crippen molar-refractivity contribution >= 4 is 17.5 Å². The molecule has 1 N–H and O–H groups in total. The summed E-state index contributed by atoms with van der Waals surface area (Å²) in [4.78, 5) is 22.0. The van der Waals surface area contributed by atoms with Crippen LogP contribution in [0.5, 0.6) is 0 Å². The molecule has 2 aromatic carbocycles. The van der Waals surface area contributed by atoms with Gasteiger partial charge < -0.3 is 9.88 Å². The Kier molecular flexibility index (Phi) is 8.29. The molecule has 1 aliphatic carbocycles. The number of pyridine rings is 1. The summed E-state index contributed by atoms with van der Waals surface area (Å²) < 4.78 is 45.1. The van der Waals surface area contributed by atoms with E-state index >= 15 is 0 Å². The van der Waals surface area contributed by atoms with E-state index in [-0.39, 0.29) is 29.4 Å². The Hall–Kier alpha value is -4.76. The molecule has 2 aromatic heterocycles. The second kappa shape index (κ2) is 12.2. The molecule has 1 aliphatic heterocycles. The molecule has 1 saturated carbocycles. The number of amides is 1. The van der Waals surface area contributed by atoms with Crippen molar-refractivity contribution in [2.75, 3.05) is 23.8 Å². The number of carbonyl (C=O) groups excluding carboxylic acids is 1. The third-order valence-corrected chi connectivity index (χ3v) is 8.73. The minimum atomic E-state index is -4.63. The second-order valence-corrected chi connectivity index (χ2v) is 12.6. The van der Waals surface area contributed by atoms with Gasteiger partial charge in [-0.15, -0.1) is 10.2 Å². The van der Waals surface area contributed by atoms with Crippen LogP contribution < -0.4 is 10.2 Å². The molecule has 0 spiro atoms. The first-order valence-electron chi connectivity index (χ1n) is 15.3. The van der Waals surface area contributed by atoms with Crippen LogP contribution in [0, 0.1) is 17.2 Å². The number of aromatic nitrogens is 4. The summed E-state index contributed by atoms with van der Waals surface area (Å²) in [5.74, 6) is 0.960. The van der Waals surface area contributed by atoms with Crippen molar-refractivity contribution in [1.29, 1.82) is 5.26 Å². The first kappa shape index (κ1) is 31.2. The predicted octanol–water partition coefficient (Wildman–Crippen LogP) is 6.65. The molecule has 6 rings (SSSR count). The Labute approximate surface area is 265 Å². The van der Waals surface area contributed by atoms with Gasteiger partial charge in [0.1, 0.15) is 18.0 Å². The number of fused-ring (bicyclic) bond motifs is 1. The van der Waals surface area contributed by atoms with E-state index in [4.69, 9.17) is 4.98 Å². The van der Waals surface area contributed by atoms with Crippen LogP contribution in [-0.2, 0) is 26.3 Å². The van der Waals surface area contributed by atoms with Gasteiger partial charge in [-0.05, 0) is 90.5 Å². The maximum absolute atomic E-state index is 14.5. The maximum atomic E-state index is 14.5. The van der Waals surface area contributed by atoms with Crippen molar-refractivity contribution in [1.82, 2.24) is 24.6 Å². The zero-order valence-electron chi connectivity index (χ0n) is 26.2. The molecule has 2 aliphatic rings. The highest BCUT2D eigenvalue weighted by atomic mass is 19.4. The fraction of sp³-hybridized carbons (Fsp3) is 0.382. The van der Waals surface area contributed by atoms with Gasteiger partial charge in [-0.1, -0.05) is 20.3 Å². The van der Waals surface area contributed by atoms with Gasteiger partial charge in [-0.2, -0.15) is 18.4 Å². The van der Waals surface area contributed by atoms with Gasteiger partial charge in [0, 0.05) is 37.3 Å². The highest BCUT2D eigenvalue weighted by Crippen LogP contribution is 2.41. The molecular weight excluding hydrogens is 593 g/mol. The Bertz CT molecular complexity index is 1840. The zero-order chi connectivity index (χ0) is 32.7. The van der Waals surface area contributed by atoms with Gasteiger partial charge in [-0.25, -0.2) is 4.98 Å². The molecule has 0 bridgehead atoms. The fourth-order valence-corrected chi connectivity index (χ4v) is 6.03. The van der Waals surface area contributed by atoms with Crippen LogP contribution in [0.2, 0.25) is 0 Å². The molecule has 1 fully saturated rings. The monoisotopic (exact) mass is 628 g/mol. The smallest absolute Gasteiger partial charge is 0.370 e. The molecule has 3 heterocycles. The van der Waals surface area contributed by atoms with Gasteiger partial charge in [0.05, 0.1) is 23.7 Å². The van der Waals surface area contributed by atoms with E-state index in [0.29, 0.717) is 58.6 Å². The van der Waals surface area contributed by atoms with Gasteiger partial charge >= 0.3 is 6.18 Å². The highest BCUT2D eigenvalue weighted by Gasteiger charge is 2.41. The number of anilines is 2. The van der Waals surface area contributed by atoms with Crippen molar-refractivity contribution in [2.24, 2.45) is 13.0 Å². The Balaban J connectivity index is 1.45. The lowest BCUT2D eigenvalue weighted by atomic mass is 9.91. The van der Waals surface area contributed by atoms with Crippen LogP contribution in [0.1, 0.15) is 65.7 Å². The van der Waals surface area contributed by atoms with Crippen LogP contribution >= 0.6 is 0 Å². The lowest BCUT2D eigenvalue weighted by molar-refractivity contribution is -0.138. The van der Waals surface area contributed by atoms with Gasteiger partial charge in [0.2, 0.25) is 0 Å². The summed E-state index contributed by atoms with van der Waals surface area (Å²) in [5.41, 5.74) is 2.03. The van der Waals surface area contributed by atoms with E-state index in [1.54, 1.807) is 41.2 Å². The van der Waals surface area contributed by atoms with Gasteiger partial charge in [0.25, 0.3) is 5.91 Å². The van der Waals surface area contributed by atoms with Crippen molar-refractivity contribution in [2.45, 2.75) is 58.4 Å². The van der Waals surface area contributed by atoms with E-state index in [9.17, 15) is 23.2 Å². The lowest BCUT2D eigenvalue weighted by Crippen LogP contribution is -2.36. The van der Waals surface area contributed by atoms with Crippen molar-refractivity contribution < 1.29 is 18.0 Å². The zero-order valence-corrected chi connectivity index (χ0v) is 26.2. The molecule has 9 nitrogen and oxygen atoms in total. The fourth-order valence-electron chi connectivity index (χ4n) is 6.03. The SMILES string of the molecule is CC(C)CNc1cc(-c2cc(C#N)ccc2-c2nncn2C)cc(N2Cc3c(cc(CN(C)C4CCC4)cc3C(F)(F)F)C2=O)n1. The standard InChI is InChI=1S/C34H35F3N8O/c1-20(2)16-39-30-13-23(26-10-21(15-38)8-9-25(26)32-42-40-19-44(32)4)14-31(41-30)45-18-28-27(33(45)46)11-22(12-29(28)34(35,36)37)17-43(3)24-6-5-7-24/h8-14,19-20,24H,5-7,16-18H2,1-4H3,(H,39,41). The number of nitrogens with one attached hydrogen (secondary N) is 1. The first-order valence-corrected chi connectivity index (χ1v) is 15.3.